The predicted molar refractivity (Wildman–Crippen MR) is 32.0 cm³/mol. The van der Waals surface area contributed by atoms with Crippen LogP contribution in [-0.2, 0) is 0 Å². The predicted octanol–water partition coefficient (Wildman–Crippen LogP) is -1.68. The molecule has 48 valence electrons. The van der Waals surface area contributed by atoms with Gasteiger partial charge in [0.2, 0.25) is 0 Å². The van der Waals surface area contributed by atoms with Gasteiger partial charge >= 0.3 is 0 Å². The molecule has 1 unspecified atom stereocenters. The fourth-order valence-electron chi connectivity index (χ4n) is 0.333. The Hall–Kier alpha value is -0.380. The van der Waals surface area contributed by atoms with E-state index in [1.54, 1.807) is 0 Å². The first-order valence-corrected chi connectivity index (χ1v) is 2.64. The van der Waals surface area contributed by atoms with Crippen LogP contribution in [0.15, 0.2) is 12.7 Å². The Balaban J connectivity index is 2.98. The van der Waals surface area contributed by atoms with Crippen LogP contribution < -0.4 is 11.1 Å². The number of nitrogens with one attached hydrogen (secondary N) is 1. The van der Waals surface area contributed by atoms with E-state index in [9.17, 15) is 0 Å². The summed E-state index contributed by atoms with van der Waals surface area (Å²) in [5.74, 6) is 0. The molecule has 0 aliphatic heterocycles. The Morgan fingerprint density at radius 2 is 2.50 bits per heavy atom. The van der Waals surface area contributed by atoms with E-state index >= 15 is 0 Å². The highest BCUT2D eigenvalue weighted by molar-refractivity contribution is 4.74. The third-order valence-corrected chi connectivity index (χ3v) is 0.754. The smallest absolute Gasteiger partial charge is 0.124 e. The number of hydrogen-bond donors (Lipinski definition) is 3. The Kier molecular flexibility index (Phi) is 4.54. The summed E-state index contributed by atoms with van der Waals surface area (Å²) in [4.78, 5) is 0. The number of rotatable bonds is 4. The van der Waals surface area contributed by atoms with Gasteiger partial charge in [-0.15, -0.1) is 0 Å². The van der Waals surface area contributed by atoms with Gasteiger partial charge in [-0.25, -0.2) is 0 Å². The van der Waals surface area contributed by atoms with Crippen molar-refractivity contribution in [2.24, 2.45) is 0 Å². The van der Waals surface area contributed by atoms with Crippen molar-refractivity contribution in [3.05, 3.63) is 12.7 Å². The summed E-state index contributed by atoms with van der Waals surface area (Å²) in [5, 5.41) is 11.5. The molecular weight excluding hydrogens is 104 g/mol. The molecule has 3 nitrogen and oxygen atoms in total. The van der Waals surface area contributed by atoms with E-state index in [0.29, 0.717) is 0 Å². The summed E-state index contributed by atoms with van der Waals surface area (Å²) < 4.78 is 0. The lowest BCUT2D eigenvalue weighted by molar-refractivity contribution is -0.365. The molecule has 0 aromatic carbocycles. The third-order valence-electron chi connectivity index (χ3n) is 0.754. The molecule has 0 saturated carbocycles. The molecule has 1 atom stereocenters. The van der Waals surface area contributed by atoms with Crippen LogP contribution in [0.3, 0.4) is 0 Å². The first-order chi connectivity index (χ1) is 3.81. The van der Waals surface area contributed by atoms with Crippen molar-refractivity contribution in [1.29, 1.82) is 0 Å². The minimum Gasteiger partial charge on any atom is -0.375 e. The quantitative estimate of drug-likeness (QED) is 0.304. The van der Waals surface area contributed by atoms with Crippen molar-refractivity contribution in [3.63, 3.8) is 0 Å². The van der Waals surface area contributed by atoms with Crippen LogP contribution >= 0.6 is 0 Å². The highest BCUT2D eigenvalue weighted by Gasteiger charge is 1.91. The molecule has 8 heavy (non-hydrogen) atoms. The van der Waals surface area contributed by atoms with Crippen molar-refractivity contribution in [2.45, 2.75) is 6.23 Å². The van der Waals surface area contributed by atoms with Gasteiger partial charge in [0.25, 0.3) is 0 Å². The standard InChI is InChI=1S/C5H12N2O/c1-2-5(8)7-4-3-6/h2,5,7-8H,1,3-4,6H2/p+1. The Labute approximate surface area is 49.2 Å². The maximum atomic E-state index is 8.73. The molecule has 0 rings (SSSR count). The second kappa shape index (κ2) is 4.77. The lowest BCUT2D eigenvalue weighted by Gasteiger charge is -2.03. The van der Waals surface area contributed by atoms with Gasteiger partial charge in [0.1, 0.15) is 6.23 Å². The van der Waals surface area contributed by atoms with Crippen LogP contribution in [0.2, 0.25) is 0 Å². The monoisotopic (exact) mass is 117 g/mol. The van der Waals surface area contributed by atoms with Crippen molar-refractivity contribution in [3.8, 4) is 0 Å². The van der Waals surface area contributed by atoms with Gasteiger partial charge in [-0.05, 0) is 6.08 Å². The highest BCUT2D eigenvalue weighted by Crippen LogP contribution is 1.71. The number of aliphatic hydroxyl groups excluding tert-OH is 1. The zero-order valence-electron chi connectivity index (χ0n) is 4.93. The van der Waals surface area contributed by atoms with Crippen LogP contribution in [0, 0.1) is 0 Å². The second-order valence-corrected chi connectivity index (χ2v) is 1.49. The van der Waals surface area contributed by atoms with E-state index in [1.165, 1.54) is 6.08 Å². The van der Waals surface area contributed by atoms with Crippen LogP contribution in [0.5, 0.6) is 0 Å². The fourth-order valence-corrected chi connectivity index (χ4v) is 0.333. The summed E-state index contributed by atoms with van der Waals surface area (Å²) in [6, 6.07) is 0. The minimum absolute atomic E-state index is 0.572. The first-order valence-electron chi connectivity index (χ1n) is 2.64. The van der Waals surface area contributed by atoms with Crippen molar-refractivity contribution < 1.29 is 10.8 Å². The van der Waals surface area contributed by atoms with Crippen molar-refractivity contribution >= 4 is 0 Å². The van der Waals surface area contributed by atoms with E-state index < -0.39 is 6.23 Å². The average Bonchev–Trinajstić information content (AvgIpc) is 1.83. The molecule has 0 spiro atoms. The van der Waals surface area contributed by atoms with Crippen LogP contribution in [-0.4, -0.2) is 24.4 Å². The zero-order chi connectivity index (χ0) is 6.41. The summed E-state index contributed by atoms with van der Waals surface area (Å²) in [6.07, 6.45) is 0.868. The van der Waals surface area contributed by atoms with Gasteiger partial charge < -0.3 is 10.8 Å². The summed E-state index contributed by atoms with van der Waals surface area (Å²) in [7, 11) is 0. The molecular formula is C5H13N2O+. The molecule has 0 fully saturated rings. The minimum atomic E-state index is -0.572. The molecule has 0 aliphatic carbocycles. The maximum absolute atomic E-state index is 8.73. The molecule has 0 amide bonds. The molecule has 3 heteroatoms. The van der Waals surface area contributed by atoms with Gasteiger partial charge in [-0.1, -0.05) is 6.58 Å². The largest absolute Gasteiger partial charge is 0.375 e. The molecule has 5 N–H and O–H groups in total. The summed E-state index contributed by atoms with van der Waals surface area (Å²) in [6.45, 7) is 4.89. The normalized spacial score (nSPS) is 13.2. The van der Waals surface area contributed by atoms with E-state index in [4.69, 9.17) is 5.11 Å². The molecule has 0 aromatic heterocycles. The average molecular weight is 117 g/mol. The van der Waals surface area contributed by atoms with Gasteiger partial charge in [0.05, 0.1) is 6.54 Å². The van der Waals surface area contributed by atoms with Gasteiger partial charge in [-0.3, -0.25) is 5.32 Å². The topological polar surface area (TPSA) is 59.9 Å². The molecule has 0 heterocycles. The Morgan fingerprint density at radius 1 is 1.88 bits per heavy atom. The van der Waals surface area contributed by atoms with Crippen LogP contribution in [0.4, 0.5) is 0 Å². The summed E-state index contributed by atoms with van der Waals surface area (Å²) in [5.41, 5.74) is 3.58. The zero-order valence-corrected chi connectivity index (χ0v) is 4.93. The molecule has 0 bridgehead atoms. The van der Waals surface area contributed by atoms with E-state index in [2.05, 4.69) is 17.6 Å². The second-order valence-electron chi connectivity index (χ2n) is 1.49. The van der Waals surface area contributed by atoms with Crippen molar-refractivity contribution in [1.82, 2.24) is 5.32 Å². The third kappa shape index (κ3) is 3.80. The molecule has 0 aliphatic rings. The SMILES string of the molecule is C=CC(O)NCC[NH3+]. The number of aliphatic hydroxyl groups is 1. The molecule has 0 saturated heterocycles. The summed E-state index contributed by atoms with van der Waals surface area (Å²) >= 11 is 0. The Bertz CT molecular complexity index is 65.4. The van der Waals surface area contributed by atoms with Gasteiger partial charge in [0.15, 0.2) is 0 Å². The lowest BCUT2D eigenvalue weighted by atomic mass is 10.5. The Morgan fingerprint density at radius 3 is 2.88 bits per heavy atom. The van der Waals surface area contributed by atoms with E-state index in [-0.39, 0.29) is 0 Å². The van der Waals surface area contributed by atoms with Crippen LogP contribution in [0.25, 0.3) is 0 Å². The van der Waals surface area contributed by atoms with Gasteiger partial charge in [-0.2, -0.15) is 0 Å². The van der Waals surface area contributed by atoms with E-state index in [1.807, 2.05) is 0 Å². The first kappa shape index (κ1) is 7.62. The number of hydrogen-bond acceptors (Lipinski definition) is 2. The number of quaternary nitrogens is 1. The lowest BCUT2D eigenvalue weighted by Crippen LogP contribution is -2.55. The molecule has 0 aromatic rings. The molecule has 0 radical (unpaired) electrons. The van der Waals surface area contributed by atoms with E-state index in [0.717, 1.165) is 13.1 Å². The fraction of sp³-hybridized carbons (Fsp3) is 0.600. The van der Waals surface area contributed by atoms with Gasteiger partial charge in [0, 0.05) is 6.54 Å². The van der Waals surface area contributed by atoms with Crippen molar-refractivity contribution in [2.75, 3.05) is 13.1 Å². The maximum Gasteiger partial charge on any atom is 0.124 e. The highest BCUT2D eigenvalue weighted by atomic mass is 16.3. The van der Waals surface area contributed by atoms with Crippen LogP contribution in [0.1, 0.15) is 0 Å².